The van der Waals surface area contributed by atoms with Gasteiger partial charge >= 0.3 is 6.18 Å². The van der Waals surface area contributed by atoms with E-state index >= 15 is 0 Å². The number of guanidine groups is 1. The molecule has 0 amide bonds. The van der Waals surface area contributed by atoms with Crippen LogP contribution in [-0.4, -0.2) is 34.3 Å². The van der Waals surface area contributed by atoms with Gasteiger partial charge in [-0.3, -0.25) is 9.20 Å². The minimum atomic E-state index is -4.32. The number of nitrogens with zero attached hydrogens (tertiary/aromatic N) is 1. The van der Waals surface area contributed by atoms with Gasteiger partial charge in [0.2, 0.25) is 0 Å². The summed E-state index contributed by atoms with van der Waals surface area (Å²) < 4.78 is 49.8. The van der Waals surface area contributed by atoms with Gasteiger partial charge in [0.15, 0.2) is 5.96 Å². The van der Waals surface area contributed by atoms with Gasteiger partial charge in [0.25, 0.3) is 0 Å². The Kier molecular flexibility index (Phi) is 10.1. The number of alkyl halides is 3. The summed E-state index contributed by atoms with van der Waals surface area (Å²) in [7, 11) is 0.873. The van der Waals surface area contributed by atoms with Gasteiger partial charge < -0.3 is 10.6 Å². The summed E-state index contributed by atoms with van der Waals surface area (Å²) in [6, 6.07) is 5.30. The summed E-state index contributed by atoms with van der Waals surface area (Å²) >= 11 is 0. The van der Waals surface area contributed by atoms with E-state index < -0.39 is 22.5 Å². The van der Waals surface area contributed by atoms with Crippen molar-refractivity contribution in [1.82, 2.24) is 10.6 Å². The summed E-state index contributed by atoms with van der Waals surface area (Å²) in [5.74, 6) is 1.29. The Morgan fingerprint density at radius 3 is 2.48 bits per heavy atom. The van der Waals surface area contributed by atoms with Crippen LogP contribution in [0.15, 0.2) is 29.3 Å². The first-order chi connectivity index (χ1) is 12.3. The zero-order valence-corrected chi connectivity index (χ0v) is 18.7. The molecule has 27 heavy (non-hydrogen) atoms. The lowest BCUT2D eigenvalue weighted by Gasteiger charge is -2.30. The van der Waals surface area contributed by atoms with Gasteiger partial charge in [-0.25, -0.2) is 0 Å². The Morgan fingerprint density at radius 1 is 1.26 bits per heavy atom. The topological polar surface area (TPSA) is 53.5 Å². The summed E-state index contributed by atoms with van der Waals surface area (Å²) in [5.41, 5.74) is 0.0930. The van der Waals surface area contributed by atoms with Crippen LogP contribution in [0, 0.1) is 0 Å². The van der Waals surface area contributed by atoms with Crippen LogP contribution in [0.4, 0.5) is 13.2 Å². The van der Waals surface area contributed by atoms with Crippen molar-refractivity contribution in [3.05, 3.63) is 35.4 Å². The average Bonchev–Trinajstić information content (AvgIpc) is 2.64. The Hall–Kier alpha value is -0.840. The molecule has 0 spiro atoms. The van der Waals surface area contributed by atoms with Crippen LogP contribution in [0.1, 0.15) is 43.7 Å². The molecule has 1 aromatic rings. The van der Waals surface area contributed by atoms with Crippen LogP contribution in [0.2, 0.25) is 0 Å². The molecular weight excluding hydrogens is 490 g/mol. The van der Waals surface area contributed by atoms with Crippen molar-refractivity contribution in [1.29, 1.82) is 0 Å². The largest absolute Gasteiger partial charge is 0.416 e. The van der Waals surface area contributed by atoms with Crippen molar-refractivity contribution < 1.29 is 17.4 Å². The van der Waals surface area contributed by atoms with E-state index in [-0.39, 0.29) is 35.3 Å². The zero-order valence-electron chi connectivity index (χ0n) is 15.5. The Balaban J connectivity index is 0.00000364. The molecule has 0 heterocycles. The highest BCUT2D eigenvalue weighted by molar-refractivity contribution is 14.0. The quantitative estimate of drug-likeness (QED) is 0.352. The number of aliphatic imine (C=N–C) groups is 1. The van der Waals surface area contributed by atoms with E-state index in [9.17, 15) is 17.4 Å². The second-order valence-corrected chi connectivity index (χ2v) is 8.43. The molecule has 2 N–H and O–H groups in total. The number of rotatable bonds is 5. The fraction of sp³-hybridized carbons (Fsp3) is 0.611. The van der Waals surface area contributed by atoms with Gasteiger partial charge in [0.05, 0.1) is 5.56 Å². The number of benzene rings is 1. The lowest BCUT2D eigenvalue weighted by molar-refractivity contribution is -0.137. The first kappa shape index (κ1) is 24.2. The SMILES string of the molecule is CCS(=O)C1CCCC(NC(=NC)NCc2ccc(C(F)(F)F)cc2)C1.I. The molecule has 3 unspecified atom stereocenters. The third-order valence-corrected chi connectivity index (χ3v) is 6.33. The minimum Gasteiger partial charge on any atom is -0.354 e. The van der Waals surface area contributed by atoms with E-state index in [0.29, 0.717) is 18.3 Å². The van der Waals surface area contributed by atoms with E-state index in [1.807, 2.05) is 6.92 Å². The highest BCUT2D eigenvalue weighted by atomic mass is 127. The van der Waals surface area contributed by atoms with Crippen molar-refractivity contribution in [2.45, 2.75) is 56.6 Å². The number of nitrogens with one attached hydrogen (secondary N) is 2. The molecule has 2 rings (SSSR count). The van der Waals surface area contributed by atoms with Crippen LogP contribution in [-0.2, 0) is 23.5 Å². The van der Waals surface area contributed by atoms with Crippen LogP contribution in [0.5, 0.6) is 0 Å². The monoisotopic (exact) mass is 517 g/mol. The molecule has 1 aliphatic rings. The van der Waals surface area contributed by atoms with Crippen molar-refractivity contribution in [2.24, 2.45) is 4.99 Å². The Morgan fingerprint density at radius 2 is 1.93 bits per heavy atom. The Bertz CT molecular complexity index is 638. The fourth-order valence-electron chi connectivity index (χ4n) is 3.14. The molecule has 1 saturated carbocycles. The van der Waals surface area contributed by atoms with Crippen molar-refractivity contribution in [2.75, 3.05) is 12.8 Å². The summed E-state index contributed by atoms with van der Waals surface area (Å²) in [5, 5.41) is 6.70. The molecule has 1 aliphatic carbocycles. The third-order valence-electron chi connectivity index (χ3n) is 4.59. The highest BCUT2D eigenvalue weighted by Crippen LogP contribution is 2.29. The molecule has 0 radical (unpaired) electrons. The normalized spacial score (nSPS) is 21.9. The van der Waals surface area contributed by atoms with E-state index in [1.54, 1.807) is 7.05 Å². The first-order valence-electron chi connectivity index (χ1n) is 8.84. The standard InChI is InChI=1S/C18H26F3N3OS.HI/c1-3-26(25)16-6-4-5-15(11-16)24-17(22-2)23-12-13-7-9-14(10-8-13)18(19,20)21;/h7-10,15-16H,3-6,11-12H2,1-2H3,(H2,22,23,24);1H. The third kappa shape index (κ3) is 7.59. The second-order valence-electron chi connectivity index (χ2n) is 6.42. The van der Waals surface area contributed by atoms with Crippen molar-refractivity contribution in [3.63, 3.8) is 0 Å². The molecule has 4 nitrogen and oxygen atoms in total. The summed E-state index contributed by atoms with van der Waals surface area (Å²) in [6.45, 7) is 2.33. The van der Waals surface area contributed by atoms with E-state index in [0.717, 1.165) is 43.4 Å². The molecule has 3 atom stereocenters. The molecule has 0 saturated heterocycles. The maximum Gasteiger partial charge on any atom is 0.416 e. The van der Waals surface area contributed by atoms with Crippen molar-refractivity contribution >= 4 is 40.7 Å². The molecule has 0 aliphatic heterocycles. The predicted molar refractivity (Wildman–Crippen MR) is 115 cm³/mol. The maximum absolute atomic E-state index is 12.6. The van der Waals surface area contributed by atoms with E-state index in [2.05, 4.69) is 15.6 Å². The highest BCUT2D eigenvalue weighted by Gasteiger charge is 2.30. The lowest BCUT2D eigenvalue weighted by Crippen LogP contribution is -2.46. The van der Waals surface area contributed by atoms with Crippen LogP contribution in [0.3, 0.4) is 0 Å². The number of hydrogen-bond donors (Lipinski definition) is 2. The second kappa shape index (κ2) is 11.2. The molecule has 1 aromatic carbocycles. The van der Waals surface area contributed by atoms with Crippen LogP contribution < -0.4 is 10.6 Å². The summed E-state index contributed by atoms with van der Waals surface area (Å²) in [4.78, 5) is 4.18. The zero-order chi connectivity index (χ0) is 19.2. The van der Waals surface area contributed by atoms with Gasteiger partial charge in [0, 0.05) is 41.4 Å². The van der Waals surface area contributed by atoms with Gasteiger partial charge in [-0.15, -0.1) is 24.0 Å². The molecule has 9 heteroatoms. The number of hydrogen-bond acceptors (Lipinski definition) is 2. The van der Waals surface area contributed by atoms with Gasteiger partial charge in [-0.05, 0) is 37.0 Å². The minimum absolute atomic E-state index is 0. The van der Waals surface area contributed by atoms with E-state index in [1.165, 1.54) is 12.1 Å². The first-order valence-corrected chi connectivity index (χ1v) is 10.2. The maximum atomic E-state index is 12.6. The van der Waals surface area contributed by atoms with Crippen LogP contribution >= 0.6 is 24.0 Å². The van der Waals surface area contributed by atoms with Crippen LogP contribution in [0.25, 0.3) is 0 Å². The lowest BCUT2D eigenvalue weighted by atomic mass is 9.95. The molecule has 0 aromatic heterocycles. The Labute approximate surface area is 178 Å². The molecule has 0 bridgehead atoms. The van der Waals surface area contributed by atoms with Crippen molar-refractivity contribution in [3.8, 4) is 0 Å². The molecule has 154 valence electrons. The van der Waals surface area contributed by atoms with Gasteiger partial charge in [-0.1, -0.05) is 25.5 Å². The number of halogens is 4. The predicted octanol–water partition coefficient (Wildman–Crippen LogP) is 4.07. The fourth-order valence-corrected chi connectivity index (χ4v) is 4.48. The smallest absolute Gasteiger partial charge is 0.354 e. The summed E-state index contributed by atoms with van der Waals surface area (Å²) in [6.07, 6.45) is -0.445. The molecular formula is C18H27F3IN3OS. The average molecular weight is 517 g/mol. The van der Waals surface area contributed by atoms with Gasteiger partial charge in [0.1, 0.15) is 0 Å². The molecule has 1 fully saturated rings. The van der Waals surface area contributed by atoms with E-state index in [4.69, 9.17) is 0 Å². The van der Waals surface area contributed by atoms with Gasteiger partial charge in [-0.2, -0.15) is 13.2 Å².